The minimum atomic E-state index is -0.498. The topological polar surface area (TPSA) is 70.9 Å². The maximum atomic E-state index is 13.8. The molecule has 4 N–H and O–H groups in total. The van der Waals surface area contributed by atoms with Crippen molar-refractivity contribution in [2.75, 3.05) is 11.1 Å². The molecule has 0 aliphatic rings. The molecule has 1 aromatic heterocycles. The molecule has 0 bridgehead atoms. The van der Waals surface area contributed by atoms with Gasteiger partial charge in [-0.25, -0.2) is 4.39 Å². The van der Waals surface area contributed by atoms with E-state index < -0.39 is 11.7 Å². The number of H-pyrrole nitrogens is 1. The molecule has 0 saturated carbocycles. The molecule has 0 fully saturated rings. The van der Waals surface area contributed by atoms with Crippen LogP contribution in [0.5, 0.6) is 0 Å². The summed E-state index contributed by atoms with van der Waals surface area (Å²) in [4.78, 5) is 15.3. The molecule has 0 saturated heterocycles. The van der Waals surface area contributed by atoms with Crippen molar-refractivity contribution < 1.29 is 9.18 Å². The van der Waals surface area contributed by atoms with Crippen molar-refractivity contribution in [3.8, 4) is 0 Å². The standard InChI is InChI=1S/C15H11BrFN3O/c16-11-2-1-3-12(17)14(11)20-15(21)10-7-19-13-6-8(18)4-5-9(10)13/h1-7,19H,18H2,(H,20,21). The Hall–Kier alpha value is -2.34. The molecule has 4 nitrogen and oxygen atoms in total. The Kier molecular flexibility index (Phi) is 3.39. The Labute approximate surface area is 128 Å². The van der Waals surface area contributed by atoms with E-state index in [1.165, 1.54) is 6.07 Å². The second-order valence-electron chi connectivity index (χ2n) is 4.56. The number of fused-ring (bicyclic) bond motifs is 1. The highest BCUT2D eigenvalue weighted by molar-refractivity contribution is 9.10. The average Bonchev–Trinajstić information content (AvgIpc) is 2.85. The van der Waals surface area contributed by atoms with E-state index in [0.717, 1.165) is 10.9 Å². The summed E-state index contributed by atoms with van der Waals surface area (Å²) < 4.78 is 14.2. The van der Waals surface area contributed by atoms with E-state index >= 15 is 0 Å². The average molecular weight is 348 g/mol. The number of benzene rings is 2. The minimum absolute atomic E-state index is 0.118. The quantitative estimate of drug-likeness (QED) is 0.615. The molecule has 6 heteroatoms. The predicted molar refractivity (Wildman–Crippen MR) is 84.8 cm³/mol. The molecule has 3 aromatic rings. The summed E-state index contributed by atoms with van der Waals surface area (Å²) in [5, 5.41) is 3.31. The molecule has 0 aliphatic carbocycles. The first-order valence-electron chi connectivity index (χ1n) is 6.18. The van der Waals surface area contributed by atoms with Gasteiger partial charge in [-0.05, 0) is 46.3 Å². The Bertz CT molecular complexity index is 824. The van der Waals surface area contributed by atoms with Crippen LogP contribution in [-0.2, 0) is 0 Å². The van der Waals surface area contributed by atoms with E-state index in [2.05, 4.69) is 26.2 Å². The zero-order chi connectivity index (χ0) is 15.0. The highest BCUT2D eigenvalue weighted by atomic mass is 79.9. The number of carbonyl (C=O) groups is 1. The highest BCUT2D eigenvalue weighted by Crippen LogP contribution is 2.27. The lowest BCUT2D eigenvalue weighted by Crippen LogP contribution is -2.13. The molecule has 2 aromatic carbocycles. The Morgan fingerprint density at radius 1 is 1.29 bits per heavy atom. The van der Waals surface area contributed by atoms with Crippen LogP contribution in [0.1, 0.15) is 10.4 Å². The van der Waals surface area contributed by atoms with Gasteiger partial charge in [0.25, 0.3) is 5.91 Å². The Morgan fingerprint density at radius 3 is 2.86 bits per heavy atom. The number of amides is 1. The fourth-order valence-corrected chi connectivity index (χ4v) is 2.57. The van der Waals surface area contributed by atoms with Crippen LogP contribution in [0.3, 0.4) is 0 Å². The third kappa shape index (κ3) is 2.50. The van der Waals surface area contributed by atoms with Crippen molar-refractivity contribution in [2.24, 2.45) is 0 Å². The molecule has 0 atom stereocenters. The van der Waals surface area contributed by atoms with E-state index in [0.29, 0.717) is 15.7 Å². The molecular formula is C15H11BrFN3O. The lowest BCUT2D eigenvalue weighted by molar-refractivity contribution is 0.102. The van der Waals surface area contributed by atoms with E-state index in [1.807, 2.05) is 0 Å². The van der Waals surface area contributed by atoms with E-state index in [9.17, 15) is 9.18 Å². The number of halogens is 2. The number of hydrogen-bond donors (Lipinski definition) is 3. The maximum absolute atomic E-state index is 13.8. The third-order valence-corrected chi connectivity index (χ3v) is 3.81. The lowest BCUT2D eigenvalue weighted by Gasteiger charge is -2.07. The summed E-state index contributed by atoms with van der Waals surface area (Å²) in [5.41, 5.74) is 7.61. The first kappa shape index (κ1) is 13.6. The van der Waals surface area contributed by atoms with Gasteiger partial charge >= 0.3 is 0 Å². The Morgan fingerprint density at radius 2 is 2.10 bits per heavy atom. The number of nitrogens with two attached hydrogens (primary N) is 1. The molecule has 0 aliphatic heterocycles. The first-order chi connectivity index (χ1) is 10.1. The fourth-order valence-electron chi connectivity index (χ4n) is 2.13. The van der Waals surface area contributed by atoms with Gasteiger partial charge in [-0.2, -0.15) is 0 Å². The van der Waals surface area contributed by atoms with Crippen LogP contribution in [0.2, 0.25) is 0 Å². The minimum Gasteiger partial charge on any atom is -0.399 e. The van der Waals surface area contributed by atoms with Crippen LogP contribution in [0.25, 0.3) is 10.9 Å². The SMILES string of the molecule is Nc1ccc2c(C(=O)Nc3c(F)cccc3Br)c[nH]c2c1. The zero-order valence-electron chi connectivity index (χ0n) is 10.8. The van der Waals surface area contributed by atoms with Gasteiger partial charge in [0.2, 0.25) is 0 Å². The number of rotatable bonds is 2. The fraction of sp³-hybridized carbons (Fsp3) is 0. The van der Waals surface area contributed by atoms with Crippen molar-refractivity contribution in [1.82, 2.24) is 4.98 Å². The van der Waals surface area contributed by atoms with Gasteiger partial charge in [-0.1, -0.05) is 6.07 Å². The smallest absolute Gasteiger partial charge is 0.257 e. The third-order valence-electron chi connectivity index (χ3n) is 3.15. The van der Waals surface area contributed by atoms with Crippen LogP contribution >= 0.6 is 15.9 Å². The number of aromatic amines is 1. The second kappa shape index (κ2) is 5.21. The van der Waals surface area contributed by atoms with Gasteiger partial charge in [0.15, 0.2) is 0 Å². The number of carbonyl (C=O) groups excluding carboxylic acids is 1. The van der Waals surface area contributed by atoms with Crippen LogP contribution in [-0.4, -0.2) is 10.9 Å². The predicted octanol–water partition coefficient (Wildman–Crippen LogP) is 3.90. The van der Waals surface area contributed by atoms with Crippen molar-refractivity contribution in [3.63, 3.8) is 0 Å². The van der Waals surface area contributed by atoms with Crippen LogP contribution in [0, 0.1) is 5.82 Å². The lowest BCUT2D eigenvalue weighted by atomic mass is 10.1. The normalized spacial score (nSPS) is 10.8. The van der Waals surface area contributed by atoms with E-state index in [-0.39, 0.29) is 5.69 Å². The van der Waals surface area contributed by atoms with E-state index in [4.69, 9.17) is 5.73 Å². The van der Waals surface area contributed by atoms with Gasteiger partial charge in [0.05, 0.1) is 11.3 Å². The van der Waals surface area contributed by atoms with Gasteiger partial charge in [0, 0.05) is 27.3 Å². The largest absolute Gasteiger partial charge is 0.399 e. The van der Waals surface area contributed by atoms with Crippen LogP contribution < -0.4 is 11.1 Å². The molecule has 3 rings (SSSR count). The molecule has 0 unspecified atom stereocenters. The summed E-state index contributed by atoms with van der Waals surface area (Å²) >= 11 is 3.22. The summed E-state index contributed by atoms with van der Waals surface area (Å²) in [6, 6.07) is 9.72. The summed E-state index contributed by atoms with van der Waals surface area (Å²) in [6.07, 6.45) is 1.58. The second-order valence-corrected chi connectivity index (χ2v) is 5.41. The number of aromatic nitrogens is 1. The van der Waals surface area contributed by atoms with Gasteiger partial charge in [0.1, 0.15) is 5.82 Å². The number of anilines is 2. The summed E-state index contributed by atoms with van der Waals surface area (Å²) in [6.45, 7) is 0. The molecule has 21 heavy (non-hydrogen) atoms. The van der Waals surface area contributed by atoms with Gasteiger partial charge in [-0.3, -0.25) is 4.79 Å². The summed E-state index contributed by atoms with van der Waals surface area (Å²) in [7, 11) is 0. The monoisotopic (exact) mass is 347 g/mol. The van der Waals surface area contributed by atoms with Crippen molar-refractivity contribution in [2.45, 2.75) is 0 Å². The number of hydrogen-bond acceptors (Lipinski definition) is 2. The van der Waals surface area contributed by atoms with E-state index in [1.54, 1.807) is 36.5 Å². The zero-order valence-corrected chi connectivity index (χ0v) is 12.4. The summed E-state index contributed by atoms with van der Waals surface area (Å²) in [5.74, 6) is -0.890. The Balaban J connectivity index is 1.98. The van der Waals surface area contributed by atoms with Crippen molar-refractivity contribution in [3.05, 3.63) is 58.4 Å². The molecular weight excluding hydrogens is 337 g/mol. The number of nitrogen functional groups attached to an aromatic ring is 1. The molecule has 106 valence electrons. The number of nitrogens with one attached hydrogen (secondary N) is 2. The first-order valence-corrected chi connectivity index (χ1v) is 6.97. The van der Waals surface area contributed by atoms with Crippen LogP contribution in [0.15, 0.2) is 47.1 Å². The molecule has 0 radical (unpaired) electrons. The van der Waals surface area contributed by atoms with Crippen LogP contribution in [0.4, 0.5) is 15.8 Å². The van der Waals surface area contributed by atoms with Gasteiger partial charge < -0.3 is 16.0 Å². The molecule has 1 amide bonds. The van der Waals surface area contributed by atoms with Gasteiger partial charge in [-0.15, -0.1) is 0 Å². The maximum Gasteiger partial charge on any atom is 0.257 e. The van der Waals surface area contributed by atoms with Crippen molar-refractivity contribution >= 4 is 44.1 Å². The molecule has 0 spiro atoms. The molecule has 1 heterocycles. The van der Waals surface area contributed by atoms with Crippen molar-refractivity contribution in [1.29, 1.82) is 0 Å². The highest BCUT2D eigenvalue weighted by Gasteiger charge is 2.15. The number of para-hydroxylation sites is 1.